The van der Waals surface area contributed by atoms with Crippen LogP contribution in [0.3, 0.4) is 0 Å². The van der Waals surface area contributed by atoms with Gasteiger partial charge in [-0.15, -0.1) is 0 Å². The van der Waals surface area contributed by atoms with Crippen LogP contribution in [0.2, 0.25) is 5.02 Å². The number of nitrogens with zero attached hydrogens (tertiary/aromatic N) is 1. The van der Waals surface area contributed by atoms with Crippen molar-refractivity contribution in [2.45, 2.75) is 32.7 Å². The lowest BCUT2D eigenvalue weighted by Gasteiger charge is -2.23. The molecular weight excluding hydrogens is 347 g/mol. The molecule has 0 unspecified atom stereocenters. The number of benzene rings is 1. The smallest absolute Gasteiger partial charge is 0.261 e. The Balaban J connectivity index is 2.03. The molecule has 25 heavy (non-hydrogen) atoms. The first-order chi connectivity index (χ1) is 12.0. The van der Waals surface area contributed by atoms with Gasteiger partial charge in [-0.2, -0.15) is 0 Å². The molecule has 7 heteroatoms. The highest BCUT2D eigenvalue weighted by Crippen LogP contribution is 2.27. The summed E-state index contributed by atoms with van der Waals surface area (Å²) in [5.41, 5.74) is 1.10. The summed E-state index contributed by atoms with van der Waals surface area (Å²) in [4.78, 5) is 25.1. The summed E-state index contributed by atoms with van der Waals surface area (Å²) < 4.78 is 20.7. The minimum absolute atomic E-state index is 0.0170. The predicted molar refractivity (Wildman–Crippen MR) is 94.2 cm³/mol. The lowest BCUT2D eigenvalue weighted by atomic mass is 10.0. The highest BCUT2D eigenvalue weighted by Gasteiger charge is 2.24. The molecule has 0 saturated carbocycles. The number of amides is 1. The molecule has 0 radical (unpaired) electrons. The Morgan fingerprint density at radius 2 is 2.16 bits per heavy atom. The number of fused-ring (bicyclic) bond motifs is 1. The van der Waals surface area contributed by atoms with E-state index in [-0.39, 0.29) is 22.0 Å². The third-order valence-electron chi connectivity index (χ3n) is 4.13. The van der Waals surface area contributed by atoms with Crippen LogP contribution >= 0.6 is 11.6 Å². The number of halogens is 2. The number of carbonyl (C=O) groups is 1. The third kappa shape index (κ3) is 3.54. The summed E-state index contributed by atoms with van der Waals surface area (Å²) in [7, 11) is 0. The van der Waals surface area contributed by atoms with Gasteiger partial charge in [0.1, 0.15) is 17.1 Å². The maximum atomic E-state index is 13.6. The number of aromatic nitrogens is 1. The standard InChI is InChI=1S/C18H18ClFN2O3/c1-2-25-15-10-16(23)22-8-4-3-5-14(22)17(15)18(24)21-11-6-7-12(19)13(20)9-11/h6-7,9-10H,2-5,8H2,1H3,(H,21,24). The second-order valence-electron chi connectivity index (χ2n) is 5.79. The van der Waals surface area contributed by atoms with Gasteiger partial charge in [0.05, 0.1) is 11.6 Å². The van der Waals surface area contributed by atoms with Gasteiger partial charge in [0.15, 0.2) is 0 Å². The fraction of sp³-hybridized carbons (Fsp3) is 0.333. The van der Waals surface area contributed by atoms with Crippen molar-refractivity contribution in [3.8, 4) is 5.75 Å². The molecule has 2 heterocycles. The number of nitrogens with one attached hydrogen (secondary N) is 1. The molecule has 5 nitrogen and oxygen atoms in total. The lowest BCUT2D eigenvalue weighted by molar-refractivity contribution is 0.102. The van der Waals surface area contributed by atoms with E-state index in [0.29, 0.717) is 30.8 Å². The Labute approximate surface area is 149 Å². The summed E-state index contributed by atoms with van der Waals surface area (Å²) in [6.45, 7) is 2.70. The molecule has 1 aromatic heterocycles. The number of anilines is 1. The van der Waals surface area contributed by atoms with Gasteiger partial charge in [-0.1, -0.05) is 11.6 Å². The van der Waals surface area contributed by atoms with E-state index in [1.54, 1.807) is 11.5 Å². The molecule has 0 saturated heterocycles. The molecule has 0 bridgehead atoms. The van der Waals surface area contributed by atoms with Crippen molar-refractivity contribution in [1.82, 2.24) is 4.57 Å². The zero-order valence-electron chi connectivity index (χ0n) is 13.8. The van der Waals surface area contributed by atoms with E-state index in [0.717, 1.165) is 18.9 Å². The molecule has 3 rings (SSSR count). The molecule has 0 atom stereocenters. The van der Waals surface area contributed by atoms with Crippen LogP contribution in [0.5, 0.6) is 5.75 Å². The van der Waals surface area contributed by atoms with E-state index in [9.17, 15) is 14.0 Å². The monoisotopic (exact) mass is 364 g/mol. The maximum absolute atomic E-state index is 13.6. The van der Waals surface area contributed by atoms with Gasteiger partial charge < -0.3 is 14.6 Å². The van der Waals surface area contributed by atoms with Crippen molar-refractivity contribution in [2.24, 2.45) is 0 Å². The first-order valence-corrected chi connectivity index (χ1v) is 8.55. The van der Waals surface area contributed by atoms with Crippen molar-refractivity contribution in [2.75, 3.05) is 11.9 Å². The van der Waals surface area contributed by atoms with E-state index >= 15 is 0 Å². The van der Waals surface area contributed by atoms with Gasteiger partial charge in [0.2, 0.25) is 0 Å². The molecule has 132 valence electrons. The Bertz CT molecular complexity index is 879. The Morgan fingerprint density at radius 1 is 1.36 bits per heavy atom. The topological polar surface area (TPSA) is 60.3 Å². The molecule has 1 aliphatic heterocycles. The number of hydrogen-bond donors (Lipinski definition) is 1. The van der Waals surface area contributed by atoms with Crippen molar-refractivity contribution in [1.29, 1.82) is 0 Å². The largest absolute Gasteiger partial charge is 0.493 e. The minimum atomic E-state index is -0.615. The van der Waals surface area contributed by atoms with Gasteiger partial charge in [-0.25, -0.2) is 4.39 Å². The molecule has 0 spiro atoms. The summed E-state index contributed by atoms with van der Waals surface area (Å²) in [6.07, 6.45) is 2.41. The van der Waals surface area contributed by atoms with Crippen molar-refractivity contribution < 1.29 is 13.9 Å². The maximum Gasteiger partial charge on any atom is 0.261 e. The summed E-state index contributed by atoms with van der Waals surface area (Å²) in [5, 5.41) is 2.64. The molecule has 1 aliphatic rings. The highest BCUT2D eigenvalue weighted by atomic mass is 35.5. The van der Waals surface area contributed by atoms with Gasteiger partial charge >= 0.3 is 0 Å². The van der Waals surface area contributed by atoms with Gasteiger partial charge in [-0.05, 0) is 44.4 Å². The summed E-state index contributed by atoms with van der Waals surface area (Å²) in [5.74, 6) is -0.792. The molecule has 0 fully saturated rings. The average Bonchev–Trinajstić information content (AvgIpc) is 2.59. The van der Waals surface area contributed by atoms with Crippen LogP contribution in [0.25, 0.3) is 0 Å². The predicted octanol–water partition coefficient (Wildman–Crippen LogP) is 3.63. The Kier molecular flexibility index (Phi) is 5.08. The fourth-order valence-corrected chi connectivity index (χ4v) is 3.14. The summed E-state index contributed by atoms with van der Waals surface area (Å²) >= 11 is 5.67. The van der Waals surface area contributed by atoms with E-state index < -0.39 is 11.7 Å². The van der Waals surface area contributed by atoms with Crippen LogP contribution in [0.15, 0.2) is 29.1 Å². The van der Waals surface area contributed by atoms with Crippen LogP contribution in [0.1, 0.15) is 35.8 Å². The Hall–Kier alpha value is -2.34. The van der Waals surface area contributed by atoms with Crippen molar-refractivity contribution in [3.05, 3.63) is 56.7 Å². The quantitative estimate of drug-likeness (QED) is 0.901. The van der Waals surface area contributed by atoms with Crippen LogP contribution in [0.4, 0.5) is 10.1 Å². The lowest BCUT2D eigenvalue weighted by Crippen LogP contribution is -2.31. The highest BCUT2D eigenvalue weighted by molar-refractivity contribution is 6.30. The number of hydrogen-bond acceptors (Lipinski definition) is 3. The van der Waals surface area contributed by atoms with Crippen molar-refractivity contribution in [3.63, 3.8) is 0 Å². The van der Waals surface area contributed by atoms with Crippen LogP contribution < -0.4 is 15.6 Å². The van der Waals surface area contributed by atoms with Crippen molar-refractivity contribution >= 4 is 23.2 Å². The molecular formula is C18H18ClFN2O3. The molecule has 1 amide bonds. The van der Waals surface area contributed by atoms with E-state index in [4.69, 9.17) is 16.3 Å². The minimum Gasteiger partial charge on any atom is -0.493 e. The first kappa shape index (κ1) is 17.5. The SMILES string of the molecule is CCOc1cc(=O)n2c(c1C(=O)Nc1ccc(Cl)c(F)c1)CCCC2. The van der Waals surface area contributed by atoms with Crippen LogP contribution in [-0.2, 0) is 13.0 Å². The second-order valence-corrected chi connectivity index (χ2v) is 6.20. The average molecular weight is 365 g/mol. The van der Waals surface area contributed by atoms with E-state index in [1.165, 1.54) is 18.2 Å². The first-order valence-electron chi connectivity index (χ1n) is 8.17. The van der Waals surface area contributed by atoms with Gasteiger partial charge in [-0.3, -0.25) is 9.59 Å². The zero-order chi connectivity index (χ0) is 18.0. The number of rotatable bonds is 4. The number of pyridine rings is 1. The fourth-order valence-electron chi connectivity index (χ4n) is 3.02. The zero-order valence-corrected chi connectivity index (χ0v) is 14.5. The van der Waals surface area contributed by atoms with Crippen LogP contribution in [0, 0.1) is 5.82 Å². The van der Waals surface area contributed by atoms with E-state index in [1.807, 2.05) is 0 Å². The third-order valence-corrected chi connectivity index (χ3v) is 4.44. The molecule has 1 aromatic carbocycles. The second kappa shape index (κ2) is 7.27. The van der Waals surface area contributed by atoms with Gasteiger partial charge in [0.25, 0.3) is 11.5 Å². The number of ether oxygens (including phenoxy) is 1. The van der Waals surface area contributed by atoms with Gasteiger partial charge in [0, 0.05) is 24.0 Å². The molecule has 1 N–H and O–H groups in total. The molecule has 2 aromatic rings. The summed E-state index contributed by atoms with van der Waals surface area (Å²) in [6, 6.07) is 5.39. The van der Waals surface area contributed by atoms with E-state index in [2.05, 4.69) is 5.32 Å². The Morgan fingerprint density at radius 3 is 2.88 bits per heavy atom. The number of carbonyl (C=O) groups excluding carboxylic acids is 1. The molecule has 0 aliphatic carbocycles. The normalized spacial score (nSPS) is 13.2. The van der Waals surface area contributed by atoms with Crippen LogP contribution in [-0.4, -0.2) is 17.1 Å².